The van der Waals surface area contributed by atoms with Gasteiger partial charge in [0, 0.05) is 36.3 Å². The van der Waals surface area contributed by atoms with Gasteiger partial charge in [-0.2, -0.15) is 11.8 Å². The molecule has 0 saturated carbocycles. The van der Waals surface area contributed by atoms with Crippen LogP contribution in [0.5, 0.6) is 0 Å². The van der Waals surface area contributed by atoms with Gasteiger partial charge in [0.2, 0.25) is 0 Å². The van der Waals surface area contributed by atoms with E-state index in [1.54, 1.807) is 11.0 Å². The highest BCUT2D eigenvalue weighted by molar-refractivity contribution is 7.99. The van der Waals surface area contributed by atoms with E-state index in [9.17, 15) is 4.79 Å². The largest absolute Gasteiger partial charge is 0.442 e. The summed E-state index contributed by atoms with van der Waals surface area (Å²) in [5, 5.41) is 7.01. The second-order valence-corrected chi connectivity index (χ2v) is 7.97. The molecule has 5 rings (SSSR count). The number of thioether (sulfide) groups is 1. The summed E-state index contributed by atoms with van der Waals surface area (Å²) in [5.74, 6) is 3.00. The van der Waals surface area contributed by atoms with Crippen molar-refractivity contribution < 1.29 is 14.1 Å². The number of rotatable bonds is 4. The van der Waals surface area contributed by atoms with Gasteiger partial charge in [0.15, 0.2) is 5.82 Å². The maximum absolute atomic E-state index is 12.4. The minimum Gasteiger partial charge on any atom is -0.442 e. The molecular formula is C18H20N4O3S. The van der Waals surface area contributed by atoms with E-state index in [1.807, 2.05) is 11.8 Å². The van der Waals surface area contributed by atoms with Gasteiger partial charge in [0.1, 0.15) is 12.4 Å². The van der Waals surface area contributed by atoms with E-state index in [-0.39, 0.29) is 18.2 Å². The lowest BCUT2D eigenvalue weighted by Gasteiger charge is -2.29. The number of benzene rings is 1. The highest BCUT2D eigenvalue weighted by Crippen LogP contribution is 2.40. The molecule has 1 aromatic carbocycles. The zero-order chi connectivity index (χ0) is 17.5. The Morgan fingerprint density at radius 3 is 2.96 bits per heavy atom. The molecule has 0 radical (unpaired) electrons. The summed E-state index contributed by atoms with van der Waals surface area (Å²) >= 11 is 2.01. The Balaban J connectivity index is 1.34. The summed E-state index contributed by atoms with van der Waals surface area (Å²) in [6.07, 6.45) is 1.87. The number of fused-ring (bicyclic) bond motifs is 3. The number of cyclic esters (lactones) is 1. The van der Waals surface area contributed by atoms with Crippen LogP contribution in [-0.4, -0.2) is 54.5 Å². The summed E-state index contributed by atoms with van der Waals surface area (Å²) < 4.78 is 10.4. The van der Waals surface area contributed by atoms with Gasteiger partial charge < -0.3 is 19.5 Å². The topological polar surface area (TPSA) is 70.8 Å². The molecule has 0 aliphatic carbocycles. The summed E-state index contributed by atoms with van der Waals surface area (Å²) in [5.41, 5.74) is 3.48. The number of hydrogen-bond donors (Lipinski definition) is 1. The predicted octanol–water partition coefficient (Wildman–Crippen LogP) is 2.59. The number of amides is 1. The minimum atomic E-state index is -0.261. The Labute approximate surface area is 155 Å². The predicted molar refractivity (Wildman–Crippen MR) is 101 cm³/mol. The molecule has 3 aliphatic rings. The molecule has 1 amide bonds. The minimum absolute atomic E-state index is 0.0315. The second-order valence-electron chi connectivity index (χ2n) is 6.74. The van der Waals surface area contributed by atoms with E-state index in [0.29, 0.717) is 12.4 Å². The van der Waals surface area contributed by atoms with Gasteiger partial charge in [0.05, 0.1) is 18.3 Å². The fraction of sp³-hybridized carbons (Fsp3) is 0.444. The standard InChI is InChI=1S/C18H20N4O3S/c23-18-22-14-2-1-13(21-4-7-26-8-5-21)9-12(14)10-15(22)16(25-18)11-19-17-3-6-24-20-17/h1-3,6,9,15-16H,4-5,7-8,10-11H2,(H,19,20)/t15-,16-/m0/s1. The van der Waals surface area contributed by atoms with E-state index >= 15 is 0 Å². The molecule has 2 saturated heterocycles. The summed E-state index contributed by atoms with van der Waals surface area (Å²) in [4.78, 5) is 16.6. The van der Waals surface area contributed by atoms with Crippen molar-refractivity contribution in [3.8, 4) is 0 Å². The number of carbonyl (C=O) groups is 1. The van der Waals surface area contributed by atoms with Gasteiger partial charge in [-0.05, 0) is 30.2 Å². The van der Waals surface area contributed by atoms with Gasteiger partial charge in [0.25, 0.3) is 0 Å². The number of ether oxygens (including phenoxy) is 1. The summed E-state index contributed by atoms with van der Waals surface area (Å²) in [7, 11) is 0. The quantitative estimate of drug-likeness (QED) is 0.884. The second kappa shape index (κ2) is 6.42. The van der Waals surface area contributed by atoms with Crippen molar-refractivity contribution >= 4 is 35.0 Å². The van der Waals surface area contributed by atoms with Crippen LogP contribution in [0, 0.1) is 0 Å². The van der Waals surface area contributed by atoms with Gasteiger partial charge in [-0.1, -0.05) is 5.16 Å². The number of nitrogens with one attached hydrogen (secondary N) is 1. The molecule has 2 fully saturated rings. The van der Waals surface area contributed by atoms with Crippen molar-refractivity contribution in [2.24, 2.45) is 0 Å². The molecule has 7 nitrogen and oxygen atoms in total. The molecule has 26 heavy (non-hydrogen) atoms. The van der Waals surface area contributed by atoms with Crippen LogP contribution in [0.3, 0.4) is 0 Å². The number of carbonyl (C=O) groups excluding carboxylic acids is 1. The van der Waals surface area contributed by atoms with Gasteiger partial charge in [-0.15, -0.1) is 0 Å². The van der Waals surface area contributed by atoms with Crippen LogP contribution in [0.1, 0.15) is 5.56 Å². The zero-order valence-electron chi connectivity index (χ0n) is 14.3. The van der Waals surface area contributed by atoms with Crippen molar-refractivity contribution in [1.82, 2.24) is 5.16 Å². The number of aromatic nitrogens is 1. The molecule has 0 unspecified atom stereocenters. The van der Waals surface area contributed by atoms with Crippen molar-refractivity contribution in [3.63, 3.8) is 0 Å². The smallest absolute Gasteiger partial charge is 0.415 e. The third kappa shape index (κ3) is 2.68. The highest BCUT2D eigenvalue weighted by atomic mass is 32.2. The molecule has 0 bridgehead atoms. The first-order chi connectivity index (χ1) is 12.8. The Morgan fingerprint density at radius 1 is 1.27 bits per heavy atom. The first-order valence-corrected chi connectivity index (χ1v) is 10.0. The van der Waals surface area contributed by atoms with Crippen LogP contribution in [0.2, 0.25) is 0 Å². The molecule has 4 heterocycles. The van der Waals surface area contributed by atoms with Crippen LogP contribution in [-0.2, 0) is 11.2 Å². The third-order valence-electron chi connectivity index (χ3n) is 5.26. The van der Waals surface area contributed by atoms with Crippen molar-refractivity contribution in [2.45, 2.75) is 18.6 Å². The molecule has 1 aromatic heterocycles. The van der Waals surface area contributed by atoms with Gasteiger partial charge in [-0.25, -0.2) is 4.79 Å². The van der Waals surface area contributed by atoms with E-state index in [1.165, 1.54) is 29.0 Å². The Kier molecular flexibility index (Phi) is 3.92. The molecule has 2 aromatic rings. The lowest BCUT2D eigenvalue weighted by atomic mass is 10.0. The average molecular weight is 372 g/mol. The van der Waals surface area contributed by atoms with Crippen LogP contribution in [0.25, 0.3) is 0 Å². The number of hydrogen-bond acceptors (Lipinski definition) is 7. The van der Waals surface area contributed by atoms with Crippen LogP contribution >= 0.6 is 11.8 Å². The van der Waals surface area contributed by atoms with Gasteiger partial charge in [-0.3, -0.25) is 4.90 Å². The van der Waals surface area contributed by atoms with Gasteiger partial charge >= 0.3 is 6.09 Å². The first kappa shape index (κ1) is 15.9. The lowest BCUT2D eigenvalue weighted by Crippen LogP contribution is -2.36. The van der Waals surface area contributed by atoms with Crippen molar-refractivity contribution in [2.75, 3.05) is 46.3 Å². The van der Waals surface area contributed by atoms with Crippen molar-refractivity contribution in [1.29, 1.82) is 0 Å². The monoisotopic (exact) mass is 372 g/mol. The molecule has 8 heteroatoms. The summed E-state index contributed by atoms with van der Waals surface area (Å²) in [6, 6.07) is 8.23. The number of nitrogens with zero attached hydrogens (tertiary/aromatic N) is 3. The molecule has 136 valence electrons. The fourth-order valence-electron chi connectivity index (χ4n) is 3.97. The molecule has 0 spiro atoms. The van der Waals surface area contributed by atoms with E-state index in [0.717, 1.165) is 25.2 Å². The summed E-state index contributed by atoms with van der Waals surface area (Å²) in [6.45, 7) is 2.69. The molecule has 2 atom stereocenters. The van der Waals surface area contributed by atoms with E-state index in [2.05, 4.69) is 33.6 Å². The maximum Gasteiger partial charge on any atom is 0.415 e. The molecular weight excluding hydrogens is 352 g/mol. The van der Waals surface area contributed by atoms with E-state index in [4.69, 9.17) is 9.26 Å². The van der Waals surface area contributed by atoms with E-state index < -0.39 is 0 Å². The van der Waals surface area contributed by atoms with Crippen LogP contribution < -0.4 is 15.1 Å². The first-order valence-electron chi connectivity index (χ1n) is 8.89. The fourth-order valence-corrected chi connectivity index (χ4v) is 4.87. The maximum atomic E-state index is 12.4. The Bertz CT molecular complexity index is 807. The number of anilines is 3. The zero-order valence-corrected chi connectivity index (χ0v) is 15.1. The third-order valence-corrected chi connectivity index (χ3v) is 6.20. The Morgan fingerprint density at radius 2 is 2.15 bits per heavy atom. The molecule has 3 aliphatic heterocycles. The Hall–Kier alpha value is -2.35. The lowest BCUT2D eigenvalue weighted by molar-refractivity contribution is 0.137. The molecule has 1 N–H and O–H groups in total. The highest BCUT2D eigenvalue weighted by Gasteiger charge is 2.47. The SMILES string of the molecule is O=C1O[C@@H](CNc2ccon2)[C@@H]2Cc3cc(N4CCSCC4)ccc3N12. The van der Waals surface area contributed by atoms with Crippen LogP contribution in [0.15, 0.2) is 35.1 Å². The average Bonchev–Trinajstić information content (AvgIpc) is 3.38. The normalized spacial score (nSPS) is 24.4. The van der Waals surface area contributed by atoms with Crippen LogP contribution in [0.4, 0.5) is 22.0 Å². The van der Waals surface area contributed by atoms with Crippen molar-refractivity contribution in [3.05, 3.63) is 36.1 Å².